The van der Waals surface area contributed by atoms with Gasteiger partial charge in [-0.25, -0.2) is 9.80 Å². The third-order valence-electron chi connectivity index (χ3n) is 6.70. The van der Waals surface area contributed by atoms with E-state index in [0.717, 1.165) is 35.7 Å². The van der Waals surface area contributed by atoms with E-state index in [4.69, 9.17) is 19.3 Å². The van der Waals surface area contributed by atoms with Crippen LogP contribution in [0.1, 0.15) is 36.2 Å². The minimum absolute atomic E-state index is 0.0795. The maximum absolute atomic E-state index is 13.8. The second-order valence-electron chi connectivity index (χ2n) is 9.20. The van der Waals surface area contributed by atoms with Crippen LogP contribution in [0.3, 0.4) is 0 Å². The van der Waals surface area contributed by atoms with Gasteiger partial charge in [0.25, 0.3) is 5.91 Å². The quantitative estimate of drug-likeness (QED) is 0.468. The van der Waals surface area contributed by atoms with E-state index in [1.165, 1.54) is 5.01 Å². The zero-order valence-electron chi connectivity index (χ0n) is 22.4. The number of carbonyl (C=O) groups is 2. The van der Waals surface area contributed by atoms with Crippen molar-refractivity contribution in [2.45, 2.75) is 25.8 Å². The fourth-order valence-corrected chi connectivity index (χ4v) is 5.31. The molecule has 4 rings (SSSR count). The number of rotatable bonds is 11. The van der Waals surface area contributed by atoms with Gasteiger partial charge in [0.2, 0.25) is 0 Å². The lowest BCUT2D eigenvalue weighted by Gasteiger charge is -2.31. The van der Waals surface area contributed by atoms with Crippen molar-refractivity contribution in [2.75, 3.05) is 66.7 Å². The number of amides is 3. The van der Waals surface area contributed by atoms with Gasteiger partial charge in [-0.15, -0.1) is 11.3 Å². The Labute approximate surface area is 228 Å². The second-order valence-corrected chi connectivity index (χ2v) is 10.1. The fraction of sp³-hybridized carbons (Fsp3) is 0.519. The van der Waals surface area contributed by atoms with Gasteiger partial charge in [0.15, 0.2) is 0 Å². The maximum atomic E-state index is 13.8. The molecule has 0 bridgehead atoms. The topological polar surface area (TPSA) is 95.9 Å². The summed E-state index contributed by atoms with van der Waals surface area (Å²) >= 11 is 1.59. The van der Waals surface area contributed by atoms with Gasteiger partial charge < -0.3 is 24.4 Å². The number of nitrogens with zero attached hydrogens (tertiary/aromatic N) is 4. The molecule has 3 amide bonds. The lowest BCUT2D eigenvalue weighted by atomic mass is 9.99. The number of hydrogen-bond acceptors (Lipinski definition) is 8. The summed E-state index contributed by atoms with van der Waals surface area (Å²) in [5.74, 6) is 1.07. The monoisotopic (exact) mass is 543 g/mol. The lowest BCUT2D eigenvalue weighted by molar-refractivity contribution is -0.133. The van der Waals surface area contributed by atoms with Crippen molar-refractivity contribution >= 4 is 29.0 Å². The van der Waals surface area contributed by atoms with Crippen molar-refractivity contribution < 1.29 is 23.8 Å². The van der Waals surface area contributed by atoms with E-state index in [1.54, 1.807) is 30.5 Å². The standard InChI is InChI=1S/C27H37N5O5S/c1-4-9-28-27(34)31(11-10-30-12-14-37-15-13-30)19-26(33)32-23(18-22(29-32)25-6-5-16-38-25)21-17-20(35-2)7-8-24(21)36-3/h5-8,16-17,23H,4,9-15,18-19H2,1-3H3,(H,28,34). The average molecular weight is 544 g/mol. The molecule has 1 atom stereocenters. The lowest BCUT2D eigenvalue weighted by Crippen LogP contribution is -2.49. The molecule has 1 fully saturated rings. The summed E-state index contributed by atoms with van der Waals surface area (Å²) in [6.07, 6.45) is 1.35. The number of benzene rings is 1. The van der Waals surface area contributed by atoms with Crippen LogP contribution in [-0.4, -0.2) is 99.2 Å². The molecule has 0 saturated carbocycles. The third-order valence-corrected chi connectivity index (χ3v) is 7.62. The number of carbonyl (C=O) groups excluding carboxylic acids is 2. The highest BCUT2D eigenvalue weighted by atomic mass is 32.1. The maximum Gasteiger partial charge on any atom is 0.317 e. The minimum Gasteiger partial charge on any atom is -0.497 e. The molecule has 38 heavy (non-hydrogen) atoms. The minimum atomic E-state index is -0.385. The Bertz CT molecular complexity index is 1100. The Hall–Kier alpha value is -3.15. The molecule has 3 heterocycles. The number of ether oxygens (including phenoxy) is 3. The van der Waals surface area contributed by atoms with Crippen molar-refractivity contribution in [3.8, 4) is 11.5 Å². The summed E-state index contributed by atoms with van der Waals surface area (Å²) < 4.78 is 16.6. The van der Waals surface area contributed by atoms with Crippen molar-refractivity contribution in [1.82, 2.24) is 20.1 Å². The summed E-state index contributed by atoms with van der Waals surface area (Å²) in [6, 6.07) is 8.91. The van der Waals surface area contributed by atoms with E-state index in [-0.39, 0.29) is 24.5 Å². The van der Waals surface area contributed by atoms with Crippen molar-refractivity contribution in [3.63, 3.8) is 0 Å². The smallest absolute Gasteiger partial charge is 0.317 e. The first-order valence-electron chi connectivity index (χ1n) is 13.0. The van der Waals surface area contributed by atoms with E-state index in [1.807, 2.05) is 42.6 Å². The van der Waals surface area contributed by atoms with Crippen LogP contribution in [0.5, 0.6) is 11.5 Å². The van der Waals surface area contributed by atoms with Gasteiger partial charge in [0, 0.05) is 44.7 Å². The number of hydrazone groups is 1. The Kier molecular flexibility index (Phi) is 9.97. The summed E-state index contributed by atoms with van der Waals surface area (Å²) in [6.45, 7) is 6.57. The highest BCUT2D eigenvalue weighted by Crippen LogP contribution is 2.39. The van der Waals surface area contributed by atoms with E-state index in [0.29, 0.717) is 50.8 Å². The molecule has 1 aromatic heterocycles. The molecule has 1 N–H and O–H groups in total. The average Bonchev–Trinajstić information content (AvgIpc) is 3.64. The van der Waals surface area contributed by atoms with Gasteiger partial charge in [-0.05, 0) is 36.1 Å². The largest absolute Gasteiger partial charge is 0.497 e. The molecule has 10 nitrogen and oxygen atoms in total. The molecular weight excluding hydrogens is 506 g/mol. The Morgan fingerprint density at radius 2 is 2.03 bits per heavy atom. The number of morpholine rings is 1. The van der Waals surface area contributed by atoms with E-state index < -0.39 is 0 Å². The predicted molar refractivity (Wildman–Crippen MR) is 147 cm³/mol. The van der Waals surface area contributed by atoms with Crippen LogP contribution in [0.25, 0.3) is 0 Å². The van der Waals surface area contributed by atoms with Gasteiger partial charge in [0.05, 0.1) is 44.1 Å². The predicted octanol–water partition coefficient (Wildman–Crippen LogP) is 3.20. The van der Waals surface area contributed by atoms with Crippen molar-refractivity contribution in [3.05, 3.63) is 46.2 Å². The van der Waals surface area contributed by atoms with E-state index in [9.17, 15) is 9.59 Å². The molecule has 1 aromatic carbocycles. The fourth-order valence-electron chi connectivity index (χ4n) is 4.59. The molecule has 2 aliphatic rings. The number of urea groups is 1. The third kappa shape index (κ3) is 6.83. The van der Waals surface area contributed by atoms with Crippen molar-refractivity contribution in [1.29, 1.82) is 0 Å². The number of hydrogen-bond donors (Lipinski definition) is 1. The summed E-state index contributed by atoms with van der Waals surface area (Å²) in [7, 11) is 3.22. The molecule has 1 unspecified atom stereocenters. The first-order valence-corrected chi connectivity index (χ1v) is 13.9. The molecule has 2 aliphatic heterocycles. The van der Waals surface area contributed by atoms with Crippen LogP contribution >= 0.6 is 11.3 Å². The molecule has 206 valence electrons. The van der Waals surface area contributed by atoms with Gasteiger partial charge in [-0.2, -0.15) is 5.10 Å². The van der Waals surface area contributed by atoms with Crippen LogP contribution in [0.4, 0.5) is 4.79 Å². The van der Waals surface area contributed by atoms with Gasteiger partial charge in [-0.3, -0.25) is 9.69 Å². The summed E-state index contributed by atoms with van der Waals surface area (Å²) in [4.78, 5) is 31.7. The van der Waals surface area contributed by atoms with E-state index >= 15 is 0 Å². The van der Waals surface area contributed by atoms with Crippen LogP contribution in [0, 0.1) is 0 Å². The molecule has 1 saturated heterocycles. The number of thiophene rings is 1. The molecule has 0 radical (unpaired) electrons. The summed E-state index contributed by atoms with van der Waals surface area (Å²) in [5.41, 5.74) is 1.64. The van der Waals surface area contributed by atoms with Crippen LogP contribution in [0.2, 0.25) is 0 Å². The molecule has 0 spiro atoms. The van der Waals surface area contributed by atoms with Crippen LogP contribution in [-0.2, 0) is 9.53 Å². The van der Waals surface area contributed by atoms with Crippen molar-refractivity contribution in [2.24, 2.45) is 5.10 Å². The molecule has 0 aliphatic carbocycles. The van der Waals surface area contributed by atoms with Gasteiger partial charge >= 0.3 is 6.03 Å². The molecule has 11 heteroatoms. The Morgan fingerprint density at radius 3 is 2.71 bits per heavy atom. The van der Waals surface area contributed by atoms with Gasteiger partial charge in [-0.1, -0.05) is 13.0 Å². The van der Waals surface area contributed by atoms with Gasteiger partial charge in [0.1, 0.15) is 18.0 Å². The SMILES string of the molecule is CCCNC(=O)N(CCN1CCOCC1)CC(=O)N1N=C(c2cccs2)CC1c1cc(OC)ccc1OC. The number of methoxy groups -OCH3 is 2. The zero-order valence-corrected chi connectivity index (χ0v) is 23.2. The first-order chi connectivity index (χ1) is 18.5. The van der Waals surface area contributed by atoms with Crippen LogP contribution < -0.4 is 14.8 Å². The Balaban J connectivity index is 1.58. The molecule has 2 aromatic rings. The van der Waals surface area contributed by atoms with Crippen LogP contribution in [0.15, 0.2) is 40.8 Å². The summed E-state index contributed by atoms with van der Waals surface area (Å²) in [5, 5.41) is 11.2. The molecular formula is C27H37N5O5S. The Morgan fingerprint density at radius 1 is 1.21 bits per heavy atom. The zero-order chi connectivity index (χ0) is 26.9. The second kappa shape index (κ2) is 13.6. The number of nitrogens with one attached hydrogen (secondary N) is 1. The highest BCUT2D eigenvalue weighted by molar-refractivity contribution is 7.12. The first kappa shape index (κ1) is 27.9. The highest BCUT2D eigenvalue weighted by Gasteiger charge is 2.36. The normalized spacial score (nSPS) is 17.7. The van der Waals surface area contributed by atoms with E-state index in [2.05, 4.69) is 10.2 Å².